The number of aromatic nitrogens is 1. The number of methoxy groups -OCH3 is 1. The molecule has 1 atom stereocenters. The summed E-state index contributed by atoms with van der Waals surface area (Å²) in [5.74, 6) is 0.687. The lowest BCUT2D eigenvalue weighted by atomic mass is 10.0. The van der Waals surface area contributed by atoms with Crippen LogP contribution in [0.25, 0.3) is 0 Å². The Balaban J connectivity index is 1.79. The van der Waals surface area contributed by atoms with Gasteiger partial charge in [-0.3, -0.25) is 4.79 Å². The molecule has 1 heterocycles. The number of anilines is 1. The number of hydrogen-bond acceptors (Lipinski definition) is 2. The predicted molar refractivity (Wildman–Crippen MR) is 100.0 cm³/mol. The fraction of sp³-hybridized carbons (Fsp3) is 0.190. The molecule has 0 aliphatic heterocycles. The number of carbonyl (C=O) groups excluding carboxylic acids is 1. The molecule has 1 aromatic heterocycles. The number of nitrogens with one attached hydrogen (secondary N) is 1. The molecule has 1 amide bonds. The van der Waals surface area contributed by atoms with Crippen LogP contribution in [0.2, 0.25) is 0 Å². The summed E-state index contributed by atoms with van der Waals surface area (Å²) in [6, 6.07) is 19.6. The van der Waals surface area contributed by atoms with Crippen LogP contribution in [0.4, 0.5) is 5.69 Å². The molecule has 3 aromatic rings. The topological polar surface area (TPSA) is 43.3 Å². The van der Waals surface area contributed by atoms with Crippen molar-refractivity contribution in [3.05, 3.63) is 84.2 Å². The lowest BCUT2D eigenvalue weighted by molar-refractivity contribution is -0.116. The first-order valence-electron chi connectivity index (χ1n) is 8.28. The summed E-state index contributed by atoms with van der Waals surface area (Å²) in [7, 11) is 1.61. The SMILES string of the molecule is COc1cccc(NC(=O)C[C@@H](c2cccc(C)c2)n2cccc2)c1. The van der Waals surface area contributed by atoms with Crippen molar-refractivity contribution in [1.29, 1.82) is 0 Å². The fourth-order valence-electron chi connectivity index (χ4n) is 2.92. The summed E-state index contributed by atoms with van der Waals surface area (Å²) in [5, 5.41) is 2.96. The van der Waals surface area contributed by atoms with E-state index in [0.29, 0.717) is 6.42 Å². The van der Waals surface area contributed by atoms with E-state index in [1.807, 2.05) is 54.9 Å². The third-order valence-electron chi connectivity index (χ3n) is 4.15. The summed E-state index contributed by atoms with van der Waals surface area (Å²) in [4.78, 5) is 12.6. The molecule has 4 heteroatoms. The highest BCUT2D eigenvalue weighted by molar-refractivity contribution is 5.91. The normalized spacial score (nSPS) is 11.8. The van der Waals surface area contributed by atoms with Crippen LogP contribution in [0.3, 0.4) is 0 Å². The predicted octanol–water partition coefficient (Wildman–Crippen LogP) is 4.42. The van der Waals surface area contributed by atoms with Gasteiger partial charge in [-0.25, -0.2) is 0 Å². The third kappa shape index (κ3) is 4.29. The number of ether oxygens (including phenoxy) is 1. The lowest BCUT2D eigenvalue weighted by Gasteiger charge is -2.20. The van der Waals surface area contributed by atoms with E-state index in [2.05, 4.69) is 35.0 Å². The number of aryl methyl sites for hydroxylation is 1. The molecule has 1 N–H and O–H groups in total. The van der Waals surface area contributed by atoms with Gasteiger partial charge in [0.15, 0.2) is 0 Å². The van der Waals surface area contributed by atoms with E-state index in [1.54, 1.807) is 7.11 Å². The highest BCUT2D eigenvalue weighted by Crippen LogP contribution is 2.24. The van der Waals surface area contributed by atoms with E-state index in [9.17, 15) is 4.79 Å². The molecule has 0 radical (unpaired) electrons. The van der Waals surface area contributed by atoms with Gasteiger partial charge in [0, 0.05) is 24.1 Å². The molecular weight excluding hydrogens is 312 g/mol. The van der Waals surface area contributed by atoms with E-state index in [4.69, 9.17) is 4.74 Å². The van der Waals surface area contributed by atoms with Crippen LogP contribution in [0.5, 0.6) is 5.75 Å². The average Bonchev–Trinajstić information content (AvgIpc) is 3.14. The maximum Gasteiger partial charge on any atom is 0.226 e. The number of hydrogen-bond donors (Lipinski definition) is 1. The Labute approximate surface area is 148 Å². The minimum absolute atomic E-state index is 0.0338. The number of amides is 1. The van der Waals surface area contributed by atoms with E-state index in [0.717, 1.165) is 17.0 Å². The van der Waals surface area contributed by atoms with Crippen molar-refractivity contribution in [1.82, 2.24) is 4.57 Å². The van der Waals surface area contributed by atoms with Gasteiger partial charge < -0.3 is 14.6 Å². The van der Waals surface area contributed by atoms with Crippen molar-refractivity contribution in [2.24, 2.45) is 0 Å². The average molecular weight is 334 g/mol. The zero-order chi connectivity index (χ0) is 17.6. The molecule has 2 aromatic carbocycles. The summed E-state index contributed by atoms with van der Waals surface area (Å²) in [5.41, 5.74) is 3.04. The molecule has 0 aliphatic carbocycles. The smallest absolute Gasteiger partial charge is 0.226 e. The van der Waals surface area contributed by atoms with Gasteiger partial charge in [0.05, 0.1) is 19.6 Å². The lowest BCUT2D eigenvalue weighted by Crippen LogP contribution is -2.19. The van der Waals surface area contributed by atoms with Crippen LogP contribution in [-0.4, -0.2) is 17.6 Å². The first-order chi connectivity index (χ1) is 12.2. The van der Waals surface area contributed by atoms with Gasteiger partial charge in [-0.1, -0.05) is 35.9 Å². The zero-order valence-electron chi connectivity index (χ0n) is 14.5. The second-order valence-corrected chi connectivity index (χ2v) is 6.04. The second kappa shape index (κ2) is 7.71. The standard InChI is InChI=1S/C21H22N2O2/c1-16-7-5-8-17(13-16)20(23-11-3-4-12-23)15-21(24)22-18-9-6-10-19(14-18)25-2/h3-14,20H,15H2,1-2H3,(H,22,24)/t20-/m0/s1. The van der Waals surface area contributed by atoms with Gasteiger partial charge in [0.1, 0.15) is 5.75 Å². The fourth-order valence-corrected chi connectivity index (χ4v) is 2.92. The molecule has 0 unspecified atom stereocenters. The molecule has 0 saturated carbocycles. The van der Waals surface area contributed by atoms with E-state index in [1.165, 1.54) is 5.56 Å². The van der Waals surface area contributed by atoms with Crippen molar-refractivity contribution in [2.75, 3.05) is 12.4 Å². The van der Waals surface area contributed by atoms with E-state index >= 15 is 0 Å². The van der Waals surface area contributed by atoms with Gasteiger partial charge in [-0.15, -0.1) is 0 Å². The minimum Gasteiger partial charge on any atom is -0.497 e. The molecule has 0 saturated heterocycles. The van der Waals surface area contributed by atoms with Gasteiger partial charge in [0.25, 0.3) is 0 Å². The Kier molecular flexibility index (Phi) is 5.19. The van der Waals surface area contributed by atoms with Gasteiger partial charge in [-0.05, 0) is 36.8 Å². The third-order valence-corrected chi connectivity index (χ3v) is 4.15. The molecule has 25 heavy (non-hydrogen) atoms. The maximum absolute atomic E-state index is 12.6. The van der Waals surface area contributed by atoms with Crippen LogP contribution in [0.15, 0.2) is 73.1 Å². The van der Waals surface area contributed by atoms with Gasteiger partial charge >= 0.3 is 0 Å². The highest BCUT2D eigenvalue weighted by Gasteiger charge is 2.17. The number of carbonyl (C=O) groups is 1. The number of nitrogens with zero attached hydrogens (tertiary/aromatic N) is 1. The summed E-state index contributed by atoms with van der Waals surface area (Å²) >= 11 is 0. The van der Waals surface area contributed by atoms with Crippen LogP contribution in [0.1, 0.15) is 23.6 Å². The summed E-state index contributed by atoms with van der Waals surface area (Å²) in [6.07, 6.45) is 4.34. The minimum atomic E-state index is -0.0412. The monoisotopic (exact) mass is 334 g/mol. The second-order valence-electron chi connectivity index (χ2n) is 6.04. The summed E-state index contributed by atoms with van der Waals surface area (Å²) in [6.45, 7) is 2.06. The van der Waals surface area contributed by atoms with Crippen LogP contribution >= 0.6 is 0 Å². The van der Waals surface area contributed by atoms with Crippen LogP contribution in [-0.2, 0) is 4.79 Å². The molecule has 128 valence electrons. The summed E-state index contributed by atoms with van der Waals surface area (Å²) < 4.78 is 7.27. The Morgan fingerprint density at radius 2 is 1.84 bits per heavy atom. The molecular formula is C21H22N2O2. The maximum atomic E-state index is 12.6. The van der Waals surface area contributed by atoms with Crippen LogP contribution in [0, 0.1) is 6.92 Å². The zero-order valence-corrected chi connectivity index (χ0v) is 14.5. The Morgan fingerprint density at radius 3 is 2.56 bits per heavy atom. The van der Waals surface area contributed by atoms with Gasteiger partial charge in [0.2, 0.25) is 5.91 Å². The van der Waals surface area contributed by atoms with Crippen LogP contribution < -0.4 is 10.1 Å². The largest absolute Gasteiger partial charge is 0.497 e. The molecule has 0 spiro atoms. The first-order valence-corrected chi connectivity index (χ1v) is 8.28. The quantitative estimate of drug-likeness (QED) is 0.725. The Bertz CT molecular complexity index is 841. The van der Waals surface area contributed by atoms with Crippen molar-refractivity contribution in [3.63, 3.8) is 0 Å². The van der Waals surface area contributed by atoms with E-state index < -0.39 is 0 Å². The molecule has 3 rings (SSSR count). The number of rotatable bonds is 6. The molecule has 0 bridgehead atoms. The Hall–Kier alpha value is -3.01. The van der Waals surface area contributed by atoms with Crippen molar-refractivity contribution < 1.29 is 9.53 Å². The van der Waals surface area contributed by atoms with Gasteiger partial charge in [-0.2, -0.15) is 0 Å². The first kappa shape index (κ1) is 16.8. The molecule has 0 aliphatic rings. The molecule has 0 fully saturated rings. The van der Waals surface area contributed by atoms with Crippen molar-refractivity contribution >= 4 is 11.6 Å². The van der Waals surface area contributed by atoms with Crippen molar-refractivity contribution in [2.45, 2.75) is 19.4 Å². The van der Waals surface area contributed by atoms with Crippen molar-refractivity contribution in [3.8, 4) is 5.75 Å². The highest BCUT2D eigenvalue weighted by atomic mass is 16.5. The number of benzene rings is 2. The van der Waals surface area contributed by atoms with E-state index in [-0.39, 0.29) is 11.9 Å². The molecule has 4 nitrogen and oxygen atoms in total. The Morgan fingerprint density at radius 1 is 1.08 bits per heavy atom.